The van der Waals surface area contributed by atoms with Crippen molar-refractivity contribution >= 4 is 12.0 Å². The number of hydrogen-bond acceptors (Lipinski definition) is 4. The first-order valence-corrected chi connectivity index (χ1v) is 6.13. The molecule has 4 N–H and O–H groups in total. The van der Waals surface area contributed by atoms with Gasteiger partial charge in [0.2, 0.25) is 0 Å². The van der Waals surface area contributed by atoms with Crippen LogP contribution in [-0.4, -0.2) is 54.1 Å². The number of amides is 2. The zero-order valence-electron chi connectivity index (χ0n) is 10.2. The van der Waals surface area contributed by atoms with Crippen molar-refractivity contribution in [3.63, 3.8) is 0 Å². The summed E-state index contributed by atoms with van der Waals surface area (Å²) in [7, 11) is 0. The van der Waals surface area contributed by atoms with Gasteiger partial charge in [-0.2, -0.15) is 0 Å². The van der Waals surface area contributed by atoms with Gasteiger partial charge in [0.25, 0.3) is 0 Å². The molecule has 1 fully saturated rings. The predicted molar refractivity (Wildman–Crippen MR) is 63.3 cm³/mol. The number of carboxylic acids is 1. The van der Waals surface area contributed by atoms with Gasteiger partial charge < -0.3 is 25.6 Å². The number of carbonyl (C=O) groups excluding carboxylic acids is 1. The smallest absolute Gasteiger partial charge is 0.334 e. The van der Waals surface area contributed by atoms with Crippen molar-refractivity contribution in [3.05, 3.63) is 0 Å². The third-order valence-corrected chi connectivity index (χ3v) is 2.77. The number of nitrogens with one attached hydrogen (secondary N) is 2. The van der Waals surface area contributed by atoms with Crippen LogP contribution in [0.2, 0.25) is 0 Å². The zero-order valence-corrected chi connectivity index (χ0v) is 10.2. The van der Waals surface area contributed by atoms with Crippen LogP contribution < -0.4 is 10.6 Å². The highest BCUT2D eigenvalue weighted by molar-refractivity contribution is 5.76. The first kappa shape index (κ1) is 14.7. The molecular weight excluding hydrogens is 240 g/mol. The molecule has 1 rings (SSSR count). The summed E-state index contributed by atoms with van der Waals surface area (Å²) < 4.78 is 5.50. The molecule has 7 nitrogen and oxygen atoms in total. The van der Waals surface area contributed by atoms with E-state index in [9.17, 15) is 9.59 Å². The molecule has 2 unspecified atom stereocenters. The van der Waals surface area contributed by atoms with Crippen LogP contribution in [0.3, 0.4) is 0 Å². The fourth-order valence-electron chi connectivity index (χ4n) is 1.72. The van der Waals surface area contributed by atoms with Crippen LogP contribution in [0, 0.1) is 0 Å². The highest BCUT2D eigenvalue weighted by atomic mass is 16.5. The van der Waals surface area contributed by atoms with Crippen molar-refractivity contribution in [2.24, 2.45) is 0 Å². The van der Waals surface area contributed by atoms with Gasteiger partial charge in [-0.05, 0) is 25.7 Å². The Bertz CT molecular complexity index is 279. The average molecular weight is 260 g/mol. The van der Waals surface area contributed by atoms with Crippen molar-refractivity contribution in [2.45, 2.75) is 37.9 Å². The lowest BCUT2D eigenvalue weighted by molar-refractivity contribution is -0.146. The van der Waals surface area contributed by atoms with Gasteiger partial charge in [-0.3, -0.25) is 0 Å². The molecule has 1 aliphatic rings. The SMILES string of the molecule is O=C(NCCC1CCCCO1)NCC(O)C(=O)O. The highest BCUT2D eigenvalue weighted by Crippen LogP contribution is 2.14. The Labute approximate surface area is 106 Å². The fourth-order valence-corrected chi connectivity index (χ4v) is 1.72. The summed E-state index contributed by atoms with van der Waals surface area (Å²) in [6.45, 7) is 0.947. The maximum Gasteiger partial charge on any atom is 0.334 e. The Kier molecular flexibility index (Phi) is 6.45. The minimum Gasteiger partial charge on any atom is -0.479 e. The largest absolute Gasteiger partial charge is 0.479 e. The van der Waals surface area contributed by atoms with Crippen LogP contribution in [0.25, 0.3) is 0 Å². The quantitative estimate of drug-likeness (QED) is 0.524. The molecule has 0 radical (unpaired) electrons. The van der Waals surface area contributed by atoms with Crippen LogP contribution in [0.4, 0.5) is 4.79 Å². The van der Waals surface area contributed by atoms with Crippen LogP contribution >= 0.6 is 0 Å². The van der Waals surface area contributed by atoms with Crippen molar-refractivity contribution in [3.8, 4) is 0 Å². The minimum atomic E-state index is -1.57. The number of aliphatic hydroxyl groups excluding tert-OH is 1. The van der Waals surface area contributed by atoms with Crippen molar-refractivity contribution in [1.82, 2.24) is 10.6 Å². The topological polar surface area (TPSA) is 108 Å². The van der Waals surface area contributed by atoms with E-state index >= 15 is 0 Å². The number of urea groups is 1. The fraction of sp³-hybridized carbons (Fsp3) is 0.818. The van der Waals surface area contributed by atoms with Crippen LogP contribution in [0.5, 0.6) is 0 Å². The van der Waals surface area contributed by atoms with Gasteiger partial charge >= 0.3 is 12.0 Å². The molecule has 1 saturated heterocycles. The predicted octanol–water partition coefficient (Wildman–Crippen LogP) is -0.310. The lowest BCUT2D eigenvalue weighted by Crippen LogP contribution is -2.42. The van der Waals surface area contributed by atoms with Gasteiger partial charge in [0.1, 0.15) is 0 Å². The summed E-state index contributed by atoms with van der Waals surface area (Å²) in [4.78, 5) is 21.5. The molecule has 104 valence electrons. The maximum atomic E-state index is 11.2. The van der Waals surface area contributed by atoms with Crippen molar-refractivity contribution in [1.29, 1.82) is 0 Å². The Morgan fingerprint density at radius 3 is 2.72 bits per heavy atom. The van der Waals surface area contributed by atoms with E-state index in [0.29, 0.717) is 6.54 Å². The third-order valence-electron chi connectivity index (χ3n) is 2.77. The lowest BCUT2D eigenvalue weighted by atomic mass is 10.1. The average Bonchev–Trinajstić information content (AvgIpc) is 2.37. The van der Waals surface area contributed by atoms with E-state index < -0.39 is 18.1 Å². The van der Waals surface area contributed by atoms with Crippen LogP contribution in [-0.2, 0) is 9.53 Å². The van der Waals surface area contributed by atoms with E-state index in [1.807, 2.05) is 0 Å². The van der Waals surface area contributed by atoms with E-state index in [1.165, 1.54) is 0 Å². The standard InChI is InChI=1S/C11H20N2O5/c14-9(10(15)16)7-13-11(17)12-5-4-8-3-1-2-6-18-8/h8-9,14H,1-7H2,(H,15,16)(H2,12,13,17). The van der Waals surface area contributed by atoms with Crippen molar-refractivity contribution < 1.29 is 24.5 Å². The third kappa shape index (κ3) is 5.83. The minimum absolute atomic E-state index is 0.198. The first-order chi connectivity index (χ1) is 8.59. The summed E-state index contributed by atoms with van der Waals surface area (Å²) in [5, 5.41) is 22.2. The maximum absolute atomic E-state index is 11.2. The highest BCUT2D eigenvalue weighted by Gasteiger charge is 2.15. The molecule has 2 amide bonds. The Morgan fingerprint density at radius 1 is 1.33 bits per heavy atom. The molecule has 0 bridgehead atoms. The molecule has 7 heteroatoms. The first-order valence-electron chi connectivity index (χ1n) is 6.13. The van der Waals surface area contributed by atoms with Gasteiger partial charge in [0.05, 0.1) is 12.6 Å². The van der Waals surface area contributed by atoms with E-state index in [2.05, 4.69) is 10.6 Å². The second-order valence-electron chi connectivity index (χ2n) is 4.27. The number of hydrogen-bond donors (Lipinski definition) is 4. The number of rotatable bonds is 6. The molecule has 1 heterocycles. The van der Waals surface area contributed by atoms with Crippen LogP contribution in [0.15, 0.2) is 0 Å². The second-order valence-corrected chi connectivity index (χ2v) is 4.27. The summed E-state index contributed by atoms with van der Waals surface area (Å²) in [5.41, 5.74) is 0. The summed E-state index contributed by atoms with van der Waals surface area (Å²) in [6, 6.07) is -0.480. The summed E-state index contributed by atoms with van der Waals surface area (Å²) in [5.74, 6) is -1.36. The molecule has 2 atom stereocenters. The molecule has 0 saturated carbocycles. The summed E-state index contributed by atoms with van der Waals surface area (Å²) in [6.07, 6.45) is 2.64. The van der Waals surface area contributed by atoms with Gasteiger partial charge in [-0.15, -0.1) is 0 Å². The number of aliphatic hydroxyl groups is 1. The Balaban J connectivity index is 2.04. The lowest BCUT2D eigenvalue weighted by Gasteiger charge is -2.22. The molecular formula is C11H20N2O5. The molecule has 0 aromatic heterocycles. The van der Waals surface area contributed by atoms with E-state index in [0.717, 1.165) is 32.3 Å². The second kappa shape index (κ2) is 7.88. The number of aliphatic carboxylic acids is 1. The van der Waals surface area contributed by atoms with Crippen molar-refractivity contribution in [2.75, 3.05) is 19.7 Å². The normalized spacial score (nSPS) is 21.1. The number of carboxylic acid groups (broad SMARTS) is 1. The van der Waals surface area contributed by atoms with E-state index in [4.69, 9.17) is 14.9 Å². The molecule has 18 heavy (non-hydrogen) atoms. The van der Waals surface area contributed by atoms with E-state index in [-0.39, 0.29) is 12.6 Å². The molecule has 0 aliphatic carbocycles. The molecule has 0 aromatic rings. The van der Waals surface area contributed by atoms with E-state index in [1.54, 1.807) is 0 Å². The van der Waals surface area contributed by atoms with Crippen LogP contribution in [0.1, 0.15) is 25.7 Å². The Morgan fingerprint density at radius 2 is 2.11 bits per heavy atom. The molecule has 1 aliphatic heterocycles. The summed E-state index contributed by atoms with van der Waals surface area (Å²) >= 11 is 0. The van der Waals surface area contributed by atoms with Gasteiger partial charge in [0, 0.05) is 13.2 Å². The molecule has 0 aromatic carbocycles. The molecule has 0 spiro atoms. The Hall–Kier alpha value is -1.34. The monoisotopic (exact) mass is 260 g/mol. The zero-order chi connectivity index (χ0) is 13.4. The van der Waals surface area contributed by atoms with Gasteiger partial charge in [0.15, 0.2) is 6.10 Å². The number of carbonyl (C=O) groups is 2. The van der Waals surface area contributed by atoms with Gasteiger partial charge in [-0.25, -0.2) is 9.59 Å². The van der Waals surface area contributed by atoms with Gasteiger partial charge in [-0.1, -0.05) is 0 Å². The number of ether oxygens (including phenoxy) is 1.